The molecule has 1 aromatic carbocycles. The molecule has 13 heavy (non-hydrogen) atoms. The Bertz CT molecular complexity index is 260. The van der Waals surface area contributed by atoms with Crippen molar-refractivity contribution in [2.24, 2.45) is 5.73 Å². The molecule has 0 saturated carbocycles. The van der Waals surface area contributed by atoms with E-state index in [4.69, 9.17) is 28.9 Å². The fourth-order valence-corrected chi connectivity index (χ4v) is 1.45. The second-order valence-electron chi connectivity index (χ2n) is 2.45. The van der Waals surface area contributed by atoms with E-state index in [9.17, 15) is 5.11 Å². The van der Waals surface area contributed by atoms with Crippen molar-refractivity contribution in [3.05, 3.63) is 33.8 Å². The first-order valence-electron chi connectivity index (χ1n) is 3.47. The van der Waals surface area contributed by atoms with E-state index in [0.29, 0.717) is 15.6 Å². The molecule has 0 aliphatic carbocycles. The van der Waals surface area contributed by atoms with Crippen LogP contribution in [0.1, 0.15) is 11.7 Å². The largest absolute Gasteiger partial charge is 0.387 e. The van der Waals surface area contributed by atoms with E-state index in [1.54, 1.807) is 18.2 Å². The number of benzene rings is 1. The van der Waals surface area contributed by atoms with Gasteiger partial charge in [0.25, 0.3) is 0 Å². The van der Waals surface area contributed by atoms with Crippen LogP contribution in [0.4, 0.5) is 0 Å². The minimum atomic E-state index is -0.693. The van der Waals surface area contributed by atoms with Crippen LogP contribution in [-0.2, 0) is 0 Å². The molecule has 5 heteroatoms. The zero-order valence-corrected chi connectivity index (χ0v) is 9.03. The minimum Gasteiger partial charge on any atom is -0.387 e. The number of aliphatic hydroxyl groups excluding tert-OH is 1. The van der Waals surface area contributed by atoms with Crippen LogP contribution in [0, 0.1) is 0 Å². The van der Waals surface area contributed by atoms with E-state index in [1.807, 2.05) is 0 Å². The fourth-order valence-electron chi connectivity index (χ4n) is 0.904. The fraction of sp³-hybridized carbons (Fsp3) is 0.250. The third-order valence-electron chi connectivity index (χ3n) is 1.49. The summed E-state index contributed by atoms with van der Waals surface area (Å²) in [5, 5.41) is 10.3. The molecule has 1 rings (SSSR count). The van der Waals surface area contributed by atoms with Gasteiger partial charge in [0.1, 0.15) is 0 Å². The SMILES string of the molecule is Cl.NCC(O)c1cc(Cl)cc(Cl)c1. The van der Waals surface area contributed by atoms with Crippen molar-refractivity contribution in [2.75, 3.05) is 6.54 Å². The molecule has 3 N–H and O–H groups in total. The van der Waals surface area contributed by atoms with Crippen molar-refractivity contribution in [1.29, 1.82) is 0 Å². The smallest absolute Gasteiger partial charge is 0.0913 e. The predicted molar refractivity (Wildman–Crippen MR) is 57.7 cm³/mol. The van der Waals surface area contributed by atoms with Crippen LogP contribution >= 0.6 is 35.6 Å². The molecule has 1 aromatic rings. The Morgan fingerprint density at radius 3 is 2.08 bits per heavy atom. The van der Waals surface area contributed by atoms with Crippen molar-refractivity contribution >= 4 is 35.6 Å². The maximum Gasteiger partial charge on any atom is 0.0913 e. The standard InChI is InChI=1S/C8H9Cl2NO.ClH/c9-6-1-5(8(12)4-11)2-7(10)3-6;/h1-3,8,12H,4,11H2;1H. The van der Waals surface area contributed by atoms with Gasteiger partial charge in [0, 0.05) is 16.6 Å². The van der Waals surface area contributed by atoms with Crippen LogP contribution in [0.5, 0.6) is 0 Å². The molecule has 1 atom stereocenters. The molecule has 0 amide bonds. The predicted octanol–water partition coefficient (Wildman–Crippen LogP) is 2.41. The second-order valence-corrected chi connectivity index (χ2v) is 3.33. The maximum absolute atomic E-state index is 9.34. The molecule has 0 aliphatic rings. The number of halogens is 3. The van der Waals surface area contributed by atoms with Crippen molar-refractivity contribution in [3.8, 4) is 0 Å². The highest BCUT2D eigenvalue weighted by molar-refractivity contribution is 6.34. The van der Waals surface area contributed by atoms with Crippen LogP contribution in [0.3, 0.4) is 0 Å². The van der Waals surface area contributed by atoms with Crippen LogP contribution in [0.2, 0.25) is 10.0 Å². The van der Waals surface area contributed by atoms with Crippen LogP contribution in [-0.4, -0.2) is 11.7 Å². The van der Waals surface area contributed by atoms with Crippen molar-refractivity contribution < 1.29 is 5.11 Å². The molecule has 0 radical (unpaired) electrons. The van der Waals surface area contributed by atoms with Crippen molar-refractivity contribution in [1.82, 2.24) is 0 Å². The van der Waals surface area contributed by atoms with E-state index in [2.05, 4.69) is 0 Å². The Hall–Kier alpha value is 0.01000. The Labute approximate surface area is 93.1 Å². The Morgan fingerprint density at radius 1 is 1.23 bits per heavy atom. The Kier molecular flexibility index (Phi) is 5.68. The van der Waals surface area contributed by atoms with Gasteiger partial charge in [-0.05, 0) is 23.8 Å². The van der Waals surface area contributed by atoms with Gasteiger partial charge in [0.05, 0.1) is 6.10 Å². The molecule has 0 heterocycles. The van der Waals surface area contributed by atoms with Gasteiger partial charge in [-0.2, -0.15) is 0 Å². The van der Waals surface area contributed by atoms with Gasteiger partial charge >= 0.3 is 0 Å². The summed E-state index contributed by atoms with van der Waals surface area (Å²) in [5.74, 6) is 0. The first-order chi connectivity index (χ1) is 5.63. The Balaban J connectivity index is 0.00000144. The lowest BCUT2D eigenvalue weighted by Crippen LogP contribution is -2.11. The maximum atomic E-state index is 9.34. The number of nitrogens with two attached hydrogens (primary N) is 1. The molecular weight excluding hydrogens is 232 g/mol. The normalized spacial score (nSPS) is 12.0. The van der Waals surface area contributed by atoms with Gasteiger partial charge in [-0.1, -0.05) is 23.2 Å². The van der Waals surface area contributed by atoms with Crippen molar-refractivity contribution in [2.45, 2.75) is 6.10 Å². The van der Waals surface area contributed by atoms with Gasteiger partial charge in [-0.15, -0.1) is 12.4 Å². The second kappa shape index (κ2) is 5.68. The monoisotopic (exact) mass is 241 g/mol. The molecule has 74 valence electrons. The first-order valence-corrected chi connectivity index (χ1v) is 4.23. The topological polar surface area (TPSA) is 46.2 Å². The average molecular weight is 243 g/mol. The van der Waals surface area contributed by atoms with Gasteiger partial charge in [-0.3, -0.25) is 0 Å². The average Bonchev–Trinajstić information content (AvgIpc) is 2.01. The number of hydrogen-bond donors (Lipinski definition) is 2. The Morgan fingerprint density at radius 2 is 1.69 bits per heavy atom. The lowest BCUT2D eigenvalue weighted by Gasteiger charge is -2.08. The lowest BCUT2D eigenvalue weighted by molar-refractivity contribution is 0.187. The summed E-state index contributed by atoms with van der Waals surface area (Å²) in [5.41, 5.74) is 5.92. The highest BCUT2D eigenvalue weighted by Gasteiger charge is 2.06. The van der Waals surface area contributed by atoms with Gasteiger partial charge < -0.3 is 10.8 Å². The van der Waals surface area contributed by atoms with Crippen molar-refractivity contribution in [3.63, 3.8) is 0 Å². The van der Waals surface area contributed by atoms with Crippen LogP contribution < -0.4 is 5.73 Å². The van der Waals surface area contributed by atoms with E-state index < -0.39 is 6.10 Å². The van der Waals surface area contributed by atoms with Gasteiger partial charge in [-0.25, -0.2) is 0 Å². The summed E-state index contributed by atoms with van der Waals surface area (Å²) in [6, 6.07) is 4.89. The highest BCUT2D eigenvalue weighted by atomic mass is 35.5. The summed E-state index contributed by atoms with van der Waals surface area (Å²) >= 11 is 11.4. The summed E-state index contributed by atoms with van der Waals surface area (Å²) in [6.07, 6.45) is -0.693. The molecule has 2 nitrogen and oxygen atoms in total. The van der Waals surface area contributed by atoms with E-state index in [0.717, 1.165) is 0 Å². The third kappa shape index (κ3) is 3.71. The molecular formula is C8H10Cl3NO. The summed E-state index contributed by atoms with van der Waals surface area (Å²) in [6.45, 7) is 0.163. The van der Waals surface area contributed by atoms with Crippen LogP contribution in [0.15, 0.2) is 18.2 Å². The quantitative estimate of drug-likeness (QED) is 0.837. The highest BCUT2D eigenvalue weighted by Crippen LogP contribution is 2.22. The van der Waals surface area contributed by atoms with Gasteiger partial charge in [0.15, 0.2) is 0 Å². The van der Waals surface area contributed by atoms with E-state index in [-0.39, 0.29) is 19.0 Å². The molecule has 0 saturated heterocycles. The van der Waals surface area contributed by atoms with Gasteiger partial charge in [0.2, 0.25) is 0 Å². The minimum absolute atomic E-state index is 0. The zero-order chi connectivity index (χ0) is 9.14. The van der Waals surface area contributed by atoms with E-state index in [1.165, 1.54) is 0 Å². The molecule has 0 fully saturated rings. The zero-order valence-electron chi connectivity index (χ0n) is 6.71. The molecule has 1 unspecified atom stereocenters. The number of hydrogen-bond acceptors (Lipinski definition) is 2. The third-order valence-corrected chi connectivity index (χ3v) is 1.93. The number of aliphatic hydroxyl groups is 1. The summed E-state index contributed by atoms with van der Waals surface area (Å²) in [4.78, 5) is 0. The molecule has 0 aliphatic heterocycles. The first kappa shape index (κ1) is 13.0. The molecule has 0 bridgehead atoms. The molecule has 0 spiro atoms. The summed E-state index contributed by atoms with van der Waals surface area (Å²) < 4.78 is 0. The molecule has 0 aromatic heterocycles. The number of rotatable bonds is 2. The van der Waals surface area contributed by atoms with E-state index >= 15 is 0 Å². The van der Waals surface area contributed by atoms with Crippen LogP contribution in [0.25, 0.3) is 0 Å². The lowest BCUT2D eigenvalue weighted by atomic mass is 10.1. The summed E-state index contributed by atoms with van der Waals surface area (Å²) in [7, 11) is 0.